The Bertz CT molecular complexity index is 990. The van der Waals surface area contributed by atoms with Crippen LogP contribution in [0.1, 0.15) is 367 Å². The molecule has 0 saturated carbocycles. The third kappa shape index (κ3) is 56.0. The predicted octanol–water partition coefficient (Wildman–Crippen LogP) is 19.9. The van der Waals surface area contributed by atoms with E-state index in [9.17, 15) is 19.8 Å². The van der Waals surface area contributed by atoms with Gasteiger partial charge in [0.1, 0.15) is 0 Å². The summed E-state index contributed by atoms with van der Waals surface area (Å²) >= 11 is 0. The highest BCUT2D eigenvalue weighted by atomic mass is 16.5. The van der Waals surface area contributed by atoms with Crippen LogP contribution in [0.5, 0.6) is 0 Å². The summed E-state index contributed by atoms with van der Waals surface area (Å²) in [5, 5.41) is 23.3. The molecule has 6 nitrogen and oxygen atoms in total. The van der Waals surface area contributed by atoms with Gasteiger partial charge in [0.15, 0.2) is 0 Å². The van der Waals surface area contributed by atoms with Crippen LogP contribution in [0, 0.1) is 0 Å². The normalized spacial score (nSPS) is 12.5. The van der Waals surface area contributed by atoms with E-state index in [1.165, 1.54) is 295 Å². The van der Waals surface area contributed by atoms with Gasteiger partial charge in [0.05, 0.1) is 25.4 Å². The van der Waals surface area contributed by atoms with Crippen molar-refractivity contribution >= 4 is 11.9 Å². The molecule has 0 aliphatic rings. The van der Waals surface area contributed by atoms with Gasteiger partial charge in [-0.3, -0.25) is 9.59 Å². The minimum atomic E-state index is -0.666. The monoisotopic (exact) mass is 976 g/mol. The van der Waals surface area contributed by atoms with E-state index in [0.717, 1.165) is 38.5 Å². The lowest BCUT2D eigenvalue weighted by molar-refractivity contribution is -0.143. The fourth-order valence-electron chi connectivity index (χ4n) is 10.3. The smallest absolute Gasteiger partial charge is 0.305 e. The highest BCUT2D eigenvalue weighted by Gasteiger charge is 2.20. The number of unbranched alkanes of at least 4 members (excludes halogenated alkanes) is 49. The first-order valence-corrected chi connectivity index (χ1v) is 31.8. The number of hydrogen-bond donors (Lipinski definition) is 3. The minimum absolute atomic E-state index is 0.0121. The number of ether oxygens (including phenoxy) is 1. The summed E-state index contributed by atoms with van der Waals surface area (Å²) in [5.74, 6) is -0.0226. The molecule has 0 aliphatic carbocycles. The van der Waals surface area contributed by atoms with Crippen LogP contribution in [0.3, 0.4) is 0 Å². The zero-order chi connectivity index (χ0) is 50.0. The zero-order valence-corrected chi connectivity index (χ0v) is 47.1. The number of carbonyl (C=O) groups is 2. The fourth-order valence-corrected chi connectivity index (χ4v) is 10.3. The topological polar surface area (TPSA) is 95.9 Å². The van der Waals surface area contributed by atoms with Crippen LogP contribution in [0.2, 0.25) is 0 Å². The second-order valence-electron chi connectivity index (χ2n) is 22.1. The molecular formula is C63H125NO5. The van der Waals surface area contributed by atoms with E-state index in [1.807, 2.05) is 0 Å². The van der Waals surface area contributed by atoms with Gasteiger partial charge in [0.2, 0.25) is 5.91 Å². The van der Waals surface area contributed by atoms with Crippen LogP contribution in [0.4, 0.5) is 0 Å². The van der Waals surface area contributed by atoms with Gasteiger partial charge < -0.3 is 20.3 Å². The molecule has 2 atom stereocenters. The largest absolute Gasteiger partial charge is 0.466 e. The van der Waals surface area contributed by atoms with Crippen molar-refractivity contribution in [3.05, 3.63) is 0 Å². The van der Waals surface area contributed by atoms with Gasteiger partial charge >= 0.3 is 5.97 Å². The molecule has 0 bridgehead atoms. The Hall–Kier alpha value is -1.14. The molecule has 0 rings (SSSR count). The molecule has 0 aliphatic heterocycles. The average molecular weight is 977 g/mol. The van der Waals surface area contributed by atoms with Crippen LogP contribution >= 0.6 is 0 Å². The summed E-state index contributed by atoms with van der Waals surface area (Å²) < 4.78 is 5.49. The summed E-state index contributed by atoms with van der Waals surface area (Å²) in [4.78, 5) is 24.6. The Labute approximate surface area is 432 Å². The van der Waals surface area contributed by atoms with E-state index in [1.54, 1.807) is 0 Å². The van der Waals surface area contributed by atoms with Gasteiger partial charge in [-0.2, -0.15) is 0 Å². The van der Waals surface area contributed by atoms with Crippen LogP contribution in [0.15, 0.2) is 0 Å². The SMILES string of the molecule is CCCCCCCCCCCCCCCCCCCCC(O)C(CO)NC(=O)CCCCCCCCCCCCCCCCCCCCOC(=O)CCCCCCCCCCCCCCCCCC. The van der Waals surface area contributed by atoms with E-state index >= 15 is 0 Å². The van der Waals surface area contributed by atoms with E-state index in [4.69, 9.17) is 4.74 Å². The van der Waals surface area contributed by atoms with Crippen molar-refractivity contribution in [3.63, 3.8) is 0 Å². The van der Waals surface area contributed by atoms with Crippen LogP contribution in [0.25, 0.3) is 0 Å². The molecule has 3 N–H and O–H groups in total. The van der Waals surface area contributed by atoms with Gasteiger partial charge in [-0.25, -0.2) is 0 Å². The van der Waals surface area contributed by atoms with Gasteiger partial charge in [-0.05, 0) is 25.7 Å². The lowest BCUT2D eigenvalue weighted by Crippen LogP contribution is -2.45. The minimum Gasteiger partial charge on any atom is -0.466 e. The van der Waals surface area contributed by atoms with Gasteiger partial charge in [0, 0.05) is 12.8 Å². The predicted molar refractivity (Wildman–Crippen MR) is 301 cm³/mol. The van der Waals surface area contributed by atoms with Crippen LogP contribution in [-0.4, -0.2) is 47.4 Å². The summed E-state index contributed by atoms with van der Waals surface area (Å²) in [7, 11) is 0. The lowest BCUT2D eigenvalue weighted by atomic mass is 10.0. The van der Waals surface area contributed by atoms with E-state index in [-0.39, 0.29) is 18.5 Å². The third-order valence-electron chi connectivity index (χ3n) is 15.2. The number of rotatable bonds is 60. The Kier molecular flexibility index (Phi) is 58.4. The molecule has 0 aromatic rings. The Morgan fingerprint density at radius 3 is 0.884 bits per heavy atom. The van der Waals surface area contributed by atoms with Crippen molar-refractivity contribution in [2.75, 3.05) is 13.2 Å². The van der Waals surface area contributed by atoms with Crippen molar-refractivity contribution in [3.8, 4) is 0 Å². The molecule has 0 fully saturated rings. The molecule has 0 aromatic heterocycles. The Morgan fingerprint density at radius 1 is 0.348 bits per heavy atom. The van der Waals surface area contributed by atoms with Crippen LogP contribution in [-0.2, 0) is 14.3 Å². The maximum absolute atomic E-state index is 12.5. The third-order valence-corrected chi connectivity index (χ3v) is 15.2. The van der Waals surface area contributed by atoms with Crippen molar-refractivity contribution in [1.82, 2.24) is 5.32 Å². The molecular weight excluding hydrogens is 851 g/mol. The maximum atomic E-state index is 12.5. The molecule has 0 heterocycles. The molecule has 0 spiro atoms. The molecule has 1 amide bonds. The second-order valence-corrected chi connectivity index (χ2v) is 22.1. The molecule has 412 valence electrons. The summed E-state index contributed by atoms with van der Waals surface area (Å²) in [6.45, 7) is 4.99. The zero-order valence-electron chi connectivity index (χ0n) is 47.1. The van der Waals surface area contributed by atoms with E-state index in [2.05, 4.69) is 19.2 Å². The fraction of sp³-hybridized carbons (Fsp3) is 0.968. The molecule has 0 aromatic carbocycles. The van der Waals surface area contributed by atoms with Crippen molar-refractivity contribution in [2.24, 2.45) is 0 Å². The molecule has 6 heteroatoms. The second kappa shape index (κ2) is 59.4. The highest BCUT2D eigenvalue weighted by Crippen LogP contribution is 2.19. The van der Waals surface area contributed by atoms with Crippen molar-refractivity contribution in [1.29, 1.82) is 0 Å². The number of hydrogen-bond acceptors (Lipinski definition) is 5. The molecule has 2 unspecified atom stereocenters. The first-order chi connectivity index (χ1) is 34.0. The standard InChI is InChI=1S/C63H125NO5/c1-3-5-7-9-11-13-15-17-19-21-24-27-31-35-39-43-47-51-55-61(66)60(59-65)64-62(67)56-52-48-44-40-36-32-28-25-22-23-26-30-34-38-42-46-50-54-58-69-63(68)57-53-49-45-41-37-33-29-20-18-16-14-12-10-8-6-4-2/h60-61,65-66H,3-59H2,1-2H3,(H,64,67). The molecule has 69 heavy (non-hydrogen) atoms. The number of carbonyl (C=O) groups excluding carboxylic acids is 2. The first kappa shape index (κ1) is 67.9. The Balaban J connectivity index is 3.38. The maximum Gasteiger partial charge on any atom is 0.305 e. The number of aliphatic hydroxyl groups is 2. The van der Waals surface area contributed by atoms with E-state index < -0.39 is 12.1 Å². The average Bonchev–Trinajstić information content (AvgIpc) is 3.35. The van der Waals surface area contributed by atoms with E-state index in [0.29, 0.717) is 25.9 Å². The van der Waals surface area contributed by atoms with Crippen LogP contribution < -0.4 is 5.32 Å². The Morgan fingerprint density at radius 2 is 0.594 bits per heavy atom. The quantitative estimate of drug-likeness (QED) is 0.0417. The summed E-state index contributed by atoms with van der Waals surface area (Å²) in [6, 6.07) is -0.544. The highest BCUT2D eigenvalue weighted by molar-refractivity contribution is 5.76. The number of esters is 1. The van der Waals surface area contributed by atoms with Crippen molar-refractivity contribution in [2.45, 2.75) is 379 Å². The van der Waals surface area contributed by atoms with Gasteiger partial charge in [0.25, 0.3) is 0 Å². The lowest BCUT2D eigenvalue weighted by Gasteiger charge is -2.22. The summed E-state index contributed by atoms with van der Waals surface area (Å²) in [6.07, 6.45) is 69.7. The number of aliphatic hydroxyl groups excluding tert-OH is 2. The number of amides is 1. The number of nitrogens with one attached hydrogen (secondary N) is 1. The molecule has 0 radical (unpaired) electrons. The molecule has 0 saturated heterocycles. The van der Waals surface area contributed by atoms with Crippen molar-refractivity contribution < 1.29 is 24.5 Å². The first-order valence-electron chi connectivity index (χ1n) is 31.8. The van der Waals surface area contributed by atoms with Gasteiger partial charge in [-0.1, -0.05) is 328 Å². The summed E-state index contributed by atoms with van der Waals surface area (Å²) in [5.41, 5.74) is 0. The van der Waals surface area contributed by atoms with Gasteiger partial charge in [-0.15, -0.1) is 0 Å².